The average Bonchev–Trinajstić information content (AvgIpc) is 3.13. The van der Waals surface area contributed by atoms with Gasteiger partial charge in [0.25, 0.3) is 6.01 Å². The molecule has 0 aliphatic carbocycles. The molecule has 0 atom stereocenters. The van der Waals surface area contributed by atoms with Crippen molar-refractivity contribution in [3.8, 4) is 0 Å². The van der Waals surface area contributed by atoms with Crippen LogP contribution in [0, 0.1) is 0 Å². The van der Waals surface area contributed by atoms with Gasteiger partial charge in [0, 0.05) is 19.3 Å². The number of benzene rings is 1. The first kappa shape index (κ1) is 12.3. The van der Waals surface area contributed by atoms with Crippen molar-refractivity contribution in [2.75, 3.05) is 23.7 Å². The minimum absolute atomic E-state index is 0.405. The third-order valence-electron chi connectivity index (χ3n) is 4.02. The molecule has 3 heterocycles. The summed E-state index contributed by atoms with van der Waals surface area (Å²) >= 11 is 0. The third kappa shape index (κ3) is 2.22. The number of para-hydroxylation sites is 2. The van der Waals surface area contributed by atoms with Crippen molar-refractivity contribution in [2.24, 2.45) is 0 Å². The Kier molecular flexibility index (Phi) is 2.80. The Labute approximate surface area is 122 Å². The van der Waals surface area contributed by atoms with Crippen LogP contribution < -0.4 is 10.6 Å². The summed E-state index contributed by atoms with van der Waals surface area (Å²) in [6.45, 7) is 1.83. The summed E-state index contributed by atoms with van der Waals surface area (Å²) in [5, 5.41) is 4.30. The van der Waals surface area contributed by atoms with E-state index >= 15 is 0 Å². The maximum Gasteiger partial charge on any atom is 0.298 e. The number of rotatable bonds is 2. The number of piperidine rings is 1. The first-order valence-electron chi connectivity index (χ1n) is 7.21. The number of nitrogens with two attached hydrogens (primary N) is 1. The van der Waals surface area contributed by atoms with E-state index in [1.807, 2.05) is 41.2 Å². The van der Waals surface area contributed by atoms with Crippen LogP contribution >= 0.6 is 0 Å². The van der Waals surface area contributed by atoms with Gasteiger partial charge in [-0.05, 0) is 31.0 Å². The van der Waals surface area contributed by atoms with Gasteiger partial charge in [-0.25, -0.2) is 0 Å². The molecule has 0 bridgehead atoms. The number of fused-ring (bicyclic) bond motifs is 1. The zero-order valence-electron chi connectivity index (χ0n) is 11.6. The highest BCUT2D eigenvalue weighted by Crippen LogP contribution is 2.28. The summed E-state index contributed by atoms with van der Waals surface area (Å²) < 4.78 is 7.80. The Hall–Kier alpha value is -2.50. The summed E-state index contributed by atoms with van der Waals surface area (Å²) in [6, 6.07) is 10.8. The Balaban J connectivity index is 1.49. The first-order valence-corrected chi connectivity index (χ1v) is 7.21. The predicted molar refractivity (Wildman–Crippen MR) is 81.1 cm³/mol. The lowest BCUT2D eigenvalue weighted by Gasteiger charge is -2.30. The van der Waals surface area contributed by atoms with Crippen molar-refractivity contribution < 1.29 is 4.42 Å². The normalized spacial score (nSPS) is 16.7. The number of nitrogen functional groups attached to an aromatic ring is 1. The van der Waals surface area contributed by atoms with Gasteiger partial charge in [-0.3, -0.25) is 4.68 Å². The molecule has 21 heavy (non-hydrogen) atoms. The van der Waals surface area contributed by atoms with Crippen molar-refractivity contribution in [3.63, 3.8) is 0 Å². The van der Waals surface area contributed by atoms with Crippen molar-refractivity contribution in [2.45, 2.75) is 18.9 Å². The van der Waals surface area contributed by atoms with Crippen LogP contribution in [0.15, 0.2) is 40.9 Å². The lowest BCUT2D eigenvalue weighted by atomic mass is 10.1. The zero-order chi connectivity index (χ0) is 14.2. The molecule has 1 aromatic carbocycles. The zero-order valence-corrected chi connectivity index (χ0v) is 11.6. The molecule has 108 valence electrons. The van der Waals surface area contributed by atoms with E-state index in [1.165, 1.54) is 0 Å². The molecule has 1 aliphatic rings. The highest BCUT2D eigenvalue weighted by atomic mass is 16.4. The Morgan fingerprint density at radius 1 is 1.14 bits per heavy atom. The largest absolute Gasteiger partial charge is 0.423 e. The van der Waals surface area contributed by atoms with E-state index in [0.29, 0.717) is 11.9 Å². The maximum atomic E-state index is 5.82. The van der Waals surface area contributed by atoms with Crippen LogP contribution in [0.2, 0.25) is 0 Å². The Bertz CT molecular complexity index is 721. The number of hydrogen-bond acceptors (Lipinski definition) is 5. The molecule has 1 saturated heterocycles. The number of oxazole rings is 1. The maximum absolute atomic E-state index is 5.82. The van der Waals surface area contributed by atoms with E-state index in [4.69, 9.17) is 10.2 Å². The summed E-state index contributed by atoms with van der Waals surface area (Å²) in [4.78, 5) is 6.75. The topological polar surface area (TPSA) is 73.1 Å². The van der Waals surface area contributed by atoms with Gasteiger partial charge in [0.05, 0.1) is 6.04 Å². The molecule has 0 unspecified atom stereocenters. The molecule has 2 aromatic heterocycles. The molecule has 6 nitrogen and oxygen atoms in total. The van der Waals surface area contributed by atoms with Crippen LogP contribution in [0.4, 0.5) is 11.8 Å². The molecule has 6 heteroatoms. The molecular weight excluding hydrogens is 266 g/mol. The molecule has 3 aromatic rings. The summed E-state index contributed by atoms with van der Waals surface area (Å²) in [7, 11) is 0. The fourth-order valence-corrected chi connectivity index (χ4v) is 2.87. The first-order chi connectivity index (χ1) is 10.3. The molecule has 1 fully saturated rings. The third-order valence-corrected chi connectivity index (χ3v) is 4.02. The van der Waals surface area contributed by atoms with Crippen molar-refractivity contribution in [1.29, 1.82) is 0 Å². The lowest BCUT2D eigenvalue weighted by Crippen LogP contribution is -2.35. The lowest BCUT2D eigenvalue weighted by molar-refractivity contribution is 0.358. The van der Waals surface area contributed by atoms with E-state index < -0.39 is 0 Å². The van der Waals surface area contributed by atoms with Gasteiger partial charge in [-0.2, -0.15) is 10.1 Å². The molecule has 0 radical (unpaired) electrons. The van der Waals surface area contributed by atoms with Crippen LogP contribution in [0.1, 0.15) is 18.9 Å². The number of aromatic nitrogens is 3. The average molecular weight is 283 g/mol. The van der Waals surface area contributed by atoms with Crippen LogP contribution in [0.5, 0.6) is 0 Å². The van der Waals surface area contributed by atoms with Gasteiger partial charge in [-0.1, -0.05) is 12.1 Å². The fourth-order valence-electron chi connectivity index (χ4n) is 2.87. The predicted octanol–water partition coefficient (Wildman–Crippen LogP) is 2.45. The van der Waals surface area contributed by atoms with Gasteiger partial charge < -0.3 is 15.1 Å². The number of hydrogen-bond donors (Lipinski definition) is 1. The van der Waals surface area contributed by atoms with Gasteiger partial charge in [0.2, 0.25) is 0 Å². The Morgan fingerprint density at radius 2 is 1.95 bits per heavy atom. The second-order valence-corrected chi connectivity index (χ2v) is 5.40. The highest BCUT2D eigenvalue weighted by molar-refractivity contribution is 5.74. The SMILES string of the molecule is Nc1ccn(C2CCN(c3nc4ccccc4o3)CC2)n1. The summed E-state index contributed by atoms with van der Waals surface area (Å²) in [5.41, 5.74) is 7.43. The van der Waals surface area contributed by atoms with Gasteiger partial charge in [0.15, 0.2) is 5.58 Å². The molecule has 4 rings (SSSR count). The monoisotopic (exact) mass is 283 g/mol. The quantitative estimate of drug-likeness (QED) is 0.782. The molecule has 0 saturated carbocycles. The number of anilines is 2. The van der Waals surface area contributed by atoms with Gasteiger partial charge in [-0.15, -0.1) is 0 Å². The van der Waals surface area contributed by atoms with Crippen LogP contribution in [0.25, 0.3) is 11.1 Å². The smallest absolute Gasteiger partial charge is 0.298 e. The Morgan fingerprint density at radius 3 is 2.67 bits per heavy atom. The van der Waals surface area contributed by atoms with Crippen molar-refractivity contribution >= 4 is 22.9 Å². The number of nitrogens with zero attached hydrogens (tertiary/aromatic N) is 4. The molecule has 0 amide bonds. The van der Waals surface area contributed by atoms with Crippen LogP contribution in [-0.4, -0.2) is 27.9 Å². The van der Waals surface area contributed by atoms with E-state index in [0.717, 1.165) is 43.0 Å². The summed E-state index contributed by atoms with van der Waals surface area (Å²) in [5.74, 6) is 0.580. The molecular formula is C15H17N5O. The molecule has 0 spiro atoms. The second kappa shape index (κ2) is 4.80. The second-order valence-electron chi connectivity index (χ2n) is 5.40. The minimum atomic E-state index is 0.405. The highest BCUT2D eigenvalue weighted by Gasteiger charge is 2.24. The molecule has 2 N–H and O–H groups in total. The minimum Gasteiger partial charge on any atom is -0.423 e. The van der Waals surface area contributed by atoms with Gasteiger partial charge >= 0.3 is 0 Å². The summed E-state index contributed by atoms with van der Waals surface area (Å²) in [6.07, 6.45) is 3.98. The van der Waals surface area contributed by atoms with Crippen LogP contribution in [-0.2, 0) is 0 Å². The standard InChI is InChI=1S/C15H17N5O/c16-14-7-10-20(18-14)11-5-8-19(9-6-11)15-17-12-3-1-2-4-13(12)21-15/h1-4,7,10-11H,5-6,8-9H2,(H2,16,18). The van der Waals surface area contributed by atoms with E-state index in [-0.39, 0.29) is 0 Å². The van der Waals surface area contributed by atoms with Crippen LogP contribution in [0.3, 0.4) is 0 Å². The molecule has 1 aliphatic heterocycles. The van der Waals surface area contributed by atoms with E-state index in [2.05, 4.69) is 15.0 Å². The van der Waals surface area contributed by atoms with Crippen molar-refractivity contribution in [3.05, 3.63) is 36.5 Å². The van der Waals surface area contributed by atoms with E-state index in [9.17, 15) is 0 Å². The van der Waals surface area contributed by atoms with Crippen molar-refractivity contribution in [1.82, 2.24) is 14.8 Å². The van der Waals surface area contributed by atoms with E-state index in [1.54, 1.807) is 0 Å². The fraction of sp³-hybridized carbons (Fsp3) is 0.333. The van der Waals surface area contributed by atoms with Gasteiger partial charge in [0.1, 0.15) is 11.3 Å².